The lowest BCUT2D eigenvalue weighted by molar-refractivity contribution is 0.126. The van der Waals surface area contributed by atoms with Crippen molar-refractivity contribution in [3.05, 3.63) is 18.0 Å². The molecule has 0 atom stereocenters. The van der Waals surface area contributed by atoms with Gasteiger partial charge in [-0.25, -0.2) is 15.0 Å². The molecule has 3 rings (SSSR count). The van der Waals surface area contributed by atoms with Crippen molar-refractivity contribution in [3.63, 3.8) is 0 Å². The Morgan fingerprint density at radius 1 is 1.24 bits per heavy atom. The van der Waals surface area contributed by atoms with E-state index in [-0.39, 0.29) is 12.1 Å². The van der Waals surface area contributed by atoms with Crippen molar-refractivity contribution in [1.82, 2.24) is 15.0 Å². The number of hydrogen-bond acceptors (Lipinski definition) is 6. The lowest BCUT2D eigenvalue weighted by Crippen LogP contribution is -2.28. The van der Waals surface area contributed by atoms with Crippen LogP contribution in [0.2, 0.25) is 0 Å². The molecule has 1 saturated carbocycles. The van der Waals surface area contributed by atoms with Crippen LogP contribution in [0.4, 0.5) is 11.8 Å². The molecular weight excluding hydrogens is 266 g/mol. The highest BCUT2D eigenvalue weighted by atomic mass is 16.3. The van der Waals surface area contributed by atoms with E-state index in [1.807, 2.05) is 0 Å². The summed E-state index contributed by atoms with van der Waals surface area (Å²) in [5, 5.41) is 13.5. The van der Waals surface area contributed by atoms with Crippen molar-refractivity contribution in [2.45, 2.75) is 37.8 Å². The molecule has 2 aromatic heterocycles. The van der Waals surface area contributed by atoms with Crippen LogP contribution in [0.5, 0.6) is 0 Å². The zero-order valence-corrected chi connectivity index (χ0v) is 11.6. The van der Waals surface area contributed by atoms with Gasteiger partial charge in [0.25, 0.3) is 0 Å². The molecule has 0 saturated heterocycles. The highest BCUT2D eigenvalue weighted by Gasteiger charge is 2.20. The summed E-state index contributed by atoms with van der Waals surface area (Å²) in [6.45, 7) is 0. The Labute approximate surface area is 122 Å². The van der Waals surface area contributed by atoms with Gasteiger partial charge in [-0.2, -0.15) is 0 Å². The van der Waals surface area contributed by atoms with Gasteiger partial charge in [0, 0.05) is 18.4 Å². The van der Waals surface area contributed by atoms with Crippen LogP contribution in [0, 0.1) is 12.3 Å². The third kappa shape index (κ3) is 2.73. The predicted molar refractivity (Wildman–Crippen MR) is 81.6 cm³/mol. The largest absolute Gasteiger partial charge is 0.393 e. The average molecular weight is 283 g/mol. The first-order valence-corrected chi connectivity index (χ1v) is 7.00. The van der Waals surface area contributed by atoms with E-state index in [9.17, 15) is 5.11 Å². The molecule has 1 aliphatic carbocycles. The first-order valence-electron chi connectivity index (χ1n) is 7.00. The Morgan fingerprint density at radius 2 is 2.00 bits per heavy atom. The summed E-state index contributed by atoms with van der Waals surface area (Å²) >= 11 is 0. The summed E-state index contributed by atoms with van der Waals surface area (Å²) in [6.07, 6.45) is 11.9. The summed E-state index contributed by atoms with van der Waals surface area (Å²) in [5.41, 5.74) is 7.06. The summed E-state index contributed by atoms with van der Waals surface area (Å²) in [5.74, 6) is 3.47. The number of aliphatic hydroxyl groups excluding tert-OH is 1. The van der Waals surface area contributed by atoms with E-state index in [0.717, 1.165) is 25.7 Å². The van der Waals surface area contributed by atoms with Crippen LogP contribution >= 0.6 is 0 Å². The SMILES string of the molecule is C#Cc1cnc(N)c2cnc(NC3CCC(O)CC3)nc12. The molecule has 2 aromatic rings. The second kappa shape index (κ2) is 5.54. The Hall–Kier alpha value is -2.39. The molecule has 0 aromatic carbocycles. The van der Waals surface area contributed by atoms with E-state index < -0.39 is 0 Å². The minimum absolute atomic E-state index is 0.181. The molecule has 0 radical (unpaired) electrons. The van der Waals surface area contributed by atoms with Crippen molar-refractivity contribution < 1.29 is 5.11 Å². The molecular formula is C15H17N5O. The van der Waals surface area contributed by atoms with Crippen LogP contribution in [0.15, 0.2) is 12.4 Å². The van der Waals surface area contributed by atoms with Crippen LogP contribution < -0.4 is 11.1 Å². The van der Waals surface area contributed by atoms with E-state index in [0.29, 0.717) is 28.2 Å². The van der Waals surface area contributed by atoms with Gasteiger partial charge in [0.1, 0.15) is 5.82 Å². The molecule has 108 valence electrons. The number of nitrogens with two attached hydrogens (primary N) is 1. The molecule has 0 unspecified atom stereocenters. The molecule has 0 amide bonds. The van der Waals surface area contributed by atoms with Crippen LogP contribution in [0.1, 0.15) is 31.2 Å². The fraction of sp³-hybridized carbons (Fsp3) is 0.400. The average Bonchev–Trinajstić information content (AvgIpc) is 2.50. The van der Waals surface area contributed by atoms with E-state index in [4.69, 9.17) is 12.2 Å². The fourth-order valence-corrected chi connectivity index (χ4v) is 2.62. The van der Waals surface area contributed by atoms with Crippen molar-refractivity contribution in [3.8, 4) is 12.3 Å². The van der Waals surface area contributed by atoms with Crippen molar-refractivity contribution in [2.24, 2.45) is 0 Å². The monoisotopic (exact) mass is 283 g/mol. The molecule has 0 aliphatic heterocycles. The molecule has 6 heteroatoms. The van der Waals surface area contributed by atoms with Gasteiger partial charge in [-0.05, 0) is 25.7 Å². The maximum absolute atomic E-state index is 9.53. The van der Waals surface area contributed by atoms with Gasteiger partial charge in [-0.1, -0.05) is 5.92 Å². The molecule has 2 heterocycles. The molecule has 1 fully saturated rings. The highest BCUT2D eigenvalue weighted by molar-refractivity contribution is 5.91. The van der Waals surface area contributed by atoms with Gasteiger partial charge in [0.2, 0.25) is 5.95 Å². The number of hydrogen-bond donors (Lipinski definition) is 3. The minimum atomic E-state index is -0.181. The topological polar surface area (TPSA) is 97.0 Å². The predicted octanol–water partition coefficient (Wildman–Crippen LogP) is 1.30. The number of aromatic nitrogens is 3. The number of terminal acetylenes is 1. The molecule has 4 N–H and O–H groups in total. The van der Waals surface area contributed by atoms with Crippen molar-refractivity contribution >= 4 is 22.7 Å². The maximum Gasteiger partial charge on any atom is 0.223 e. The van der Waals surface area contributed by atoms with Gasteiger partial charge in [-0.15, -0.1) is 6.42 Å². The van der Waals surface area contributed by atoms with Gasteiger partial charge in [-0.3, -0.25) is 0 Å². The smallest absolute Gasteiger partial charge is 0.223 e. The minimum Gasteiger partial charge on any atom is -0.393 e. The van der Waals surface area contributed by atoms with Crippen LogP contribution in [-0.2, 0) is 0 Å². The second-order valence-corrected chi connectivity index (χ2v) is 5.31. The standard InChI is InChI=1S/C15H17N5O/c1-2-9-7-17-14(16)12-8-18-15(20-13(9)12)19-10-3-5-11(21)6-4-10/h1,7-8,10-11,21H,3-6H2,(H2,16,17)(H,18,19,20). The number of pyridine rings is 1. The lowest BCUT2D eigenvalue weighted by Gasteiger charge is -2.26. The number of fused-ring (bicyclic) bond motifs is 1. The third-order valence-electron chi connectivity index (χ3n) is 3.84. The van der Waals surface area contributed by atoms with Crippen molar-refractivity contribution in [2.75, 3.05) is 11.1 Å². The van der Waals surface area contributed by atoms with E-state index in [1.165, 1.54) is 0 Å². The van der Waals surface area contributed by atoms with Crippen LogP contribution in [0.25, 0.3) is 10.9 Å². The summed E-state index contributed by atoms with van der Waals surface area (Å²) in [4.78, 5) is 12.8. The highest BCUT2D eigenvalue weighted by Crippen LogP contribution is 2.23. The summed E-state index contributed by atoms with van der Waals surface area (Å²) < 4.78 is 0. The van der Waals surface area contributed by atoms with Crippen molar-refractivity contribution in [1.29, 1.82) is 0 Å². The Kier molecular flexibility index (Phi) is 3.59. The number of nitrogen functional groups attached to an aromatic ring is 1. The molecule has 0 bridgehead atoms. The van der Waals surface area contributed by atoms with E-state index in [2.05, 4.69) is 26.2 Å². The second-order valence-electron chi connectivity index (χ2n) is 5.31. The van der Waals surface area contributed by atoms with E-state index in [1.54, 1.807) is 12.4 Å². The normalized spacial score (nSPS) is 21.9. The number of nitrogens with one attached hydrogen (secondary N) is 1. The third-order valence-corrected chi connectivity index (χ3v) is 3.84. The maximum atomic E-state index is 9.53. The zero-order chi connectivity index (χ0) is 14.8. The first kappa shape index (κ1) is 13.6. The zero-order valence-electron chi connectivity index (χ0n) is 11.6. The summed E-state index contributed by atoms with van der Waals surface area (Å²) in [7, 11) is 0. The Balaban J connectivity index is 1.89. The van der Waals surface area contributed by atoms with E-state index >= 15 is 0 Å². The Bertz CT molecular complexity index is 701. The number of aliphatic hydroxyl groups is 1. The quantitative estimate of drug-likeness (QED) is 0.719. The van der Waals surface area contributed by atoms with Gasteiger partial charge < -0.3 is 16.2 Å². The molecule has 1 aliphatic rings. The molecule has 6 nitrogen and oxygen atoms in total. The van der Waals surface area contributed by atoms with Gasteiger partial charge >= 0.3 is 0 Å². The number of anilines is 2. The fourth-order valence-electron chi connectivity index (χ4n) is 2.62. The number of nitrogens with zero attached hydrogens (tertiary/aromatic N) is 3. The van der Waals surface area contributed by atoms with Gasteiger partial charge in [0.15, 0.2) is 0 Å². The Morgan fingerprint density at radius 3 is 2.71 bits per heavy atom. The first-order chi connectivity index (χ1) is 10.2. The van der Waals surface area contributed by atoms with Gasteiger partial charge in [0.05, 0.1) is 22.6 Å². The molecule has 0 spiro atoms. The van der Waals surface area contributed by atoms with Crippen LogP contribution in [0.3, 0.4) is 0 Å². The summed E-state index contributed by atoms with van der Waals surface area (Å²) in [6, 6.07) is 0.277. The molecule has 21 heavy (non-hydrogen) atoms. The number of rotatable bonds is 2. The van der Waals surface area contributed by atoms with Crippen LogP contribution in [-0.4, -0.2) is 32.2 Å². The lowest BCUT2D eigenvalue weighted by atomic mass is 9.93.